The van der Waals surface area contributed by atoms with Crippen LogP contribution in [0.1, 0.15) is 10.4 Å². The van der Waals surface area contributed by atoms with Crippen LogP contribution in [0.2, 0.25) is 0 Å². The van der Waals surface area contributed by atoms with Gasteiger partial charge >= 0.3 is 0 Å². The molecular formula is C14H20ClFN2O3. The highest BCUT2D eigenvalue weighted by Crippen LogP contribution is 2.28. The molecule has 0 radical (unpaired) electrons. The van der Waals surface area contributed by atoms with Crippen LogP contribution in [0.4, 0.5) is 4.39 Å². The molecule has 7 heteroatoms. The molecule has 0 aliphatic carbocycles. The molecule has 0 bridgehead atoms. The van der Waals surface area contributed by atoms with Crippen LogP contribution in [0.15, 0.2) is 30.1 Å². The molecule has 1 aromatic rings. The molecule has 118 valence electrons. The highest BCUT2D eigenvalue weighted by atomic mass is 35.5. The van der Waals surface area contributed by atoms with Gasteiger partial charge in [-0.2, -0.15) is 0 Å². The number of amides is 1. The van der Waals surface area contributed by atoms with E-state index < -0.39 is 0 Å². The van der Waals surface area contributed by atoms with E-state index in [1.807, 2.05) is 0 Å². The van der Waals surface area contributed by atoms with Gasteiger partial charge in [0, 0.05) is 31.8 Å². The van der Waals surface area contributed by atoms with Crippen LogP contribution in [0.25, 0.3) is 0 Å². The summed E-state index contributed by atoms with van der Waals surface area (Å²) in [5.41, 5.74) is 6.16. The second-order valence-corrected chi connectivity index (χ2v) is 4.33. The van der Waals surface area contributed by atoms with E-state index in [9.17, 15) is 9.18 Å². The van der Waals surface area contributed by atoms with Crippen LogP contribution in [-0.4, -0.2) is 45.2 Å². The average molecular weight is 319 g/mol. The number of carbonyl (C=O) groups is 1. The Morgan fingerprint density at radius 2 is 2.05 bits per heavy atom. The van der Waals surface area contributed by atoms with Crippen molar-refractivity contribution in [3.8, 4) is 11.5 Å². The van der Waals surface area contributed by atoms with Crippen molar-refractivity contribution in [2.24, 2.45) is 5.73 Å². The lowest BCUT2D eigenvalue weighted by molar-refractivity contribution is 0.0827. The highest BCUT2D eigenvalue weighted by Gasteiger charge is 2.12. The molecule has 0 heterocycles. The van der Waals surface area contributed by atoms with Crippen molar-refractivity contribution in [2.45, 2.75) is 0 Å². The third-order valence-corrected chi connectivity index (χ3v) is 2.65. The van der Waals surface area contributed by atoms with E-state index in [0.717, 1.165) is 0 Å². The number of benzene rings is 1. The van der Waals surface area contributed by atoms with Crippen molar-refractivity contribution in [3.63, 3.8) is 0 Å². The van der Waals surface area contributed by atoms with Gasteiger partial charge in [0.25, 0.3) is 5.91 Å². The van der Waals surface area contributed by atoms with Crippen LogP contribution in [0.3, 0.4) is 0 Å². The fourth-order valence-electron chi connectivity index (χ4n) is 1.48. The Bertz CT molecular complexity index is 507. The van der Waals surface area contributed by atoms with E-state index in [4.69, 9.17) is 15.2 Å². The Morgan fingerprint density at radius 1 is 1.38 bits per heavy atom. The molecule has 1 aromatic carbocycles. The minimum Gasteiger partial charge on any atom is -0.493 e. The van der Waals surface area contributed by atoms with E-state index in [1.54, 1.807) is 32.3 Å². The summed E-state index contributed by atoms with van der Waals surface area (Å²) in [4.78, 5) is 13.3. The summed E-state index contributed by atoms with van der Waals surface area (Å²) in [5.74, 6) is 0.699. The van der Waals surface area contributed by atoms with Crippen molar-refractivity contribution >= 4 is 18.3 Å². The zero-order valence-corrected chi connectivity index (χ0v) is 13.1. The lowest BCUT2D eigenvalue weighted by atomic mass is 10.2. The van der Waals surface area contributed by atoms with Crippen LogP contribution in [0, 0.1) is 0 Å². The second kappa shape index (κ2) is 9.20. The van der Waals surface area contributed by atoms with Gasteiger partial charge in [-0.3, -0.25) is 4.79 Å². The third-order valence-electron chi connectivity index (χ3n) is 2.65. The fraction of sp³-hybridized carbons (Fsp3) is 0.357. The highest BCUT2D eigenvalue weighted by molar-refractivity contribution is 5.94. The zero-order chi connectivity index (χ0) is 15.1. The van der Waals surface area contributed by atoms with Crippen LogP contribution in [0.5, 0.6) is 11.5 Å². The van der Waals surface area contributed by atoms with Gasteiger partial charge in [0.05, 0.1) is 13.4 Å². The molecule has 0 saturated heterocycles. The first kappa shape index (κ1) is 19.2. The standard InChI is InChI=1S/C14H19FN2O3.ClH/c1-17(2)14(18)11-4-5-12(13(6-11)19-3)20-9-10(7-15)8-16;/h4-7H,8-9,16H2,1-3H3;1H/b10-7+;. The van der Waals surface area contributed by atoms with E-state index >= 15 is 0 Å². The Kier molecular flexibility index (Phi) is 8.42. The summed E-state index contributed by atoms with van der Waals surface area (Å²) in [6.45, 7) is 0.111. The van der Waals surface area contributed by atoms with Gasteiger partial charge in [-0.25, -0.2) is 4.39 Å². The van der Waals surface area contributed by atoms with Gasteiger partial charge in [-0.05, 0) is 18.2 Å². The van der Waals surface area contributed by atoms with Crippen molar-refractivity contribution in [2.75, 3.05) is 34.4 Å². The topological polar surface area (TPSA) is 64.8 Å². The fourth-order valence-corrected chi connectivity index (χ4v) is 1.48. The molecule has 1 amide bonds. The van der Waals surface area contributed by atoms with E-state index in [0.29, 0.717) is 29.0 Å². The first-order valence-corrected chi connectivity index (χ1v) is 6.04. The SMILES string of the molecule is COc1cc(C(=O)N(C)C)ccc1OC/C(=C/F)CN.Cl. The van der Waals surface area contributed by atoms with Crippen molar-refractivity contribution in [1.82, 2.24) is 4.90 Å². The number of rotatable bonds is 6. The van der Waals surface area contributed by atoms with Gasteiger partial charge in [0.2, 0.25) is 0 Å². The Morgan fingerprint density at radius 3 is 2.52 bits per heavy atom. The Hall–Kier alpha value is -1.79. The second-order valence-electron chi connectivity index (χ2n) is 4.33. The summed E-state index contributed by atoms with van der Waals surface area (Å²) >= 11 is 0. The van der Waals surface area contributed by atoms with Crippen LogP contribution >= 0.6 is 12.4 Å². The average Bonchev–Trinajstić information content (AvgIpc) is 2.47. The number of hydrogen-bond acceptors (Lipinski definition) is 4. The third kappa shape index (κ3) is 5.24. The minimum atomic E-state index is -0.138. The van der Waals surface area contributed by atoms with Gasteiger partial charge in [0.15, 0.2) is 11.5 Å². The molecule has 5 nitrogen and oxygen atoms in total. The summed E-state index contributed by atoms with van der Waals surface area (Å²) < 4.78 is 23.0. The molecule has 0 aromatic heterocycles. The Balaban J connectivity index is 0.00000400. The molecule has 21 heavy (non-hydrogen) atoms. The van der Waals surface area contributed by atoms with Crippen molar-refractivity contribution < 1.29 is 18.7 Å². The monoisotopic (exact) mass is 318 g/mol. The first-order chi connectivity index (χ1) is 9.53. The zero-order valence-electron chi connectivity index (χ0n) is 12.3. The molecule has 0 aliphatic heterocycles. The summed E-state index contributed by atoms with van der Waals surface area (Å²) in [5, 5.41) is 0. The summed E-state index contributed by atoms with van der Waals surface area (Å²) in [7, 11) is 4.80. The lowest BCUT2D eigenvalue weighted by Gasteiger charge is -2.14. The summed E-state index contributed by atoms with van der Waals surface area (Å²) in [6, 6.07) is 4.82. The maximum atomic E-state index is 12.4. The number of nitrogens with two attached hydrogens (primary N) is 1. The predicted molar refractivity (Wildman–Crippen MR) is 82.0 cm³/mol. The maximum absolute atomic E-state index is 12.4. The normalized spacial score (nSPS) is 10.6. The number of halogens is 2. The molecule has 0 fully saturated rings. The molecule has 2 N–H and O–H groups in total. The largest absolute Gasteiger partial charge is 0.493 e. The van der Waals surface area contributed by atoms with E-state index in [-0.39, 0.29) is 31.5 Å². The van der Waals surface area contributed by atoms with Crippen molar-refractivity contribution in [3.05, 3.63) is 35.7 Å². The maximum Gasteiger partial charge on any atom is 0.253 e. The Labute approximate surface area is 129 Å². The van der Waals surface area contributed by atoms with Crippen LogP contribution in [-0.2, 0) is 0 Å². The number of methoxy groups -OCH3 is 1. The first-order valence-electron chi connectivity index (χ1n) is 6.04. The van der Waals surface area contributed by atoms with Gasteiger partial charge in [-0.1, -0.05) is 0 Å². The van der Waals surface area contributed by atoms with Gasteiger partial charge in [0.1, 0.15) is 6.61 Å². The quantitative estimate of drug-likeness (QED) is 0.871. The molecular weight excluding hydrogens is 299 g/mol. The lowest BCUT2D eigenvalue weighted by Crippen LogP contribution is -2.21. The number of nitrogens with zero attached hydrogens (tertiary/aromatic N) is 1. The molecule has 1 rings (SSSR count). The number of hydrogen-bond donors (Lipinski definition) is 1. The van der Waals surface area contributed by atoms with E-state index in [1.165, 1.54) is 12.0 Å². The molecule has 0 unspecified atom stereocenters. The van der Waals surface area contributed by atoms with Gasteiger partial charge < -0.3 is 20.1 Å². The summed E-state index contributed by atoms with van der Waals surface area (Å²) in [6.07, 6.45) is 0.427. The predicted octanol–water partition coefficient (Wildman–Crippen LogP) is 2.01. The van der Waals surface area contributed by atoms with Crippen LogP contribution < -0.4 is 15.2 Å². The smallest absolute Gasteiger partial charge is 0.253 e. The van der Waals surface area contributed by atoms with Gasteiger partial charge in [-0.15, -0.1) is 12.4 Å². The molecule has 0 aliphatic rings. The number of carbonyl (C=O) groups excluding carboxylic acids is 1. The molecule has 0 saturated carbocycles. The molecule has 0 spiro atoms. The molecule has 0 atom stereocenters. The minimum absolute atomic E-state index is 0. The van der Waals surface area contributed by atoms with E-state index in [2.05, 4.69) is 0 Å². The number of ether oxygens (including phenoxy) is 2. The van der Waals surface area contributed by atoms with Crippen molar-refractivity contribution in [1.29, 1.82) is 0 Å².